The van der Waals surface area contributed by atoms with E-state index in [0.717, 1.165) is 10.6 Å². The van der Waals surface area contributed by atoms with E-state index in [-0.39, 0.29) is 17.8 Å². The maximum absolute atomic E-state index is 12.6. The van der Waals surface area contributed by atoms with Gasteiger partial charge in [-0.1, -0.05) is 11.6 Å². The molecular formula is C18H11ClN4O3S. The van der Waals surface area contributed by atoms with Gasteiger partial charge in [-0.25, -0.2) is 9.97 Å². The topological polar surface area (TPSA) is 90.9 Å². The highest BCUT2D eigenvalue weighted by atomic mass is 35.5. The molecule has 0 aliphatic heterocycles. The fourth-order valence-corrected chi connectivity index (χ4v) is 3.65. The van der Waals surface area contributed by atoms with E-state index in [2.05, 4.69) is 9.97 Å². The number of thiazole rings is 1. The van der Waals surface area contributed by atoms with Gasteiger partial charge in [0.05, 0.1) is 34.4 Å². The lowest BCUT2D eigenvalue weighted by Gasteiger charge is -2.05. The molecule has 2 aromatic heterocycles. The second-order valence-corrected chi connectivity index (χ2v) is 7.08. The summed E-state index contributed by atoms with van der Waals surface area (Å²) >= 11 is 7.39. The monoisotopic (exact) mass is 398 g/mol. The Balaban J connectivity index is 1.63. The first-order valence-corrected chi connectivity index (χ1v) is 9.11. The molecule has 2 heterocycles. The highest BCUT2D eigenvalue weighted by molar-refractivity contribution is 7.13. The van der Waals surface area contributed by atoms with Crippen molar-refractivity contribution < 1.29 is 4.92 Å². The van der Waals surface area contributed by atoms with Gasteiger partial charge in [0.25, 0.3) is 11.2 Å². The lowest BCUT2D eigenvalue weighted by molar-refractivity contribution is -0.384. The molecule has 7 nitrogen and oxygen atoms in total. The van der Waals surface area contributed by atoms with Gasteiger partial charge in [-0.2, -0.15) is 0 Å². The first-order chi connectivity index (χ1) is 13.0. The summed E-state index contributed by atoms with van der Waals surface area (Å²) in [4.78, 5) is 31.8. The molecule has 0 radical (unpaired) electrons. The van der Waals surface area contributed by atoms with Gasteiger partial charge in [-0.05, 0) is 30.3 Å². The van der Waals surface area contributed by atoms with Gasteiger partial charge < -0.3 is 0 Å². The molecule has 0 atom stereocenters. The molecule has 27 heavy (non-hydrogen) atoms. The van der Waals surface area contributed by atoms with Crippen molar-refractivity contribution in [1.82, 2.24) is 14.5 Å². The summed E-state index contributed by atoms with van der Waals surface area (Å²) in [6.45, 7) is 0.276. The van der Waals surface area contributed by atoms with Crippen molar-refractivity contribution in [2.45, 2.75) is 6.54 Å². The zero-order valence-electron chi connectivity index (χ0n) is 13.7. The van der Waals surface area contributed by atoms with Gasteiger partial charge in [0, 0.05) is 28.1 Å². The third-order valence-corrected chi connectivity index (χ3v) is 5.17. The summed E-state index contributed by atoms with van der Waals surface area (Å²) in [5.74, 6) is 0. The molecular weight excluding hydrogens is 388 g/mol. The van der Waals surface area contributed by atoms with E-state index in [9.17, 15) is 14.9 Å². The molecule has 9 heteroatoms. The smallest absolute Gasteiger partial charge is 0.269 e. The minimum absolute atomic E-state index is 0.0305. The van der Waals surface area contributed by atoms with Crippen LogP contribution in [0.3, 0.4) is 0 Å². The number of non-ortho nitro benzene ring substituents is 1. The SMILES string of the molecule is O=c1c2cc(Cl)ccc2ncn1Cc1csc(-c2ccc([N+](=O)[O-])cc2)n1. The number of rotatable bonds is 4. The van der Waals surface area contributed by atoms with Crippen LogP contribution in [0.2, 0.25) is 5.02 Å². The molecule has 2 aromatic carbocycles. The number of hydrogen-bond acceptors (Lipinski definition) is 6. The molecule has 0 N–H and O–H groups in total. The molecule has 0 saturated carbocycles. The van der Waals surface area contributed by atoms with Gasteiger partial charge in [-0.3, -0.25) is 19.5 Å². The number of nitrogens with zero attached hydrogens (tertiary/aromatic N) is 4. The number of halogens is 1. The van der Waals surface area contributed by atoms with Gasteiger partial charge in [0.15, 0.2) is 0 Å². The van der Waals surface area contributed by atoms with E-state index in [1.54, 1.807) is 30.3 Å². The summed E-state index contributed by atoms with van der Waals surface area (Å²) in [7, 11) is 0. The zero-order chi connectivity index (χ0) is 19.0. The molecule has 0 bridgehead atoms. The Morgan fingerprint density at radius 2 is 1.96 bits per heavy atom. The van der Waals surface area contributed by atoms with Crippen LogP contribution in [0.25, 0.3) is 21.5 Å². The van der Waals surface area contributed by atoms with Gasteiger partial charge in [-0.15, -0.1) is 11.3 Å². The minimum atomic E-state index is -0.442. The van der Waals surface area contributed by atoms with Gasteiger partial charge in [0.1, 0.15) is 5.01 Å². The fraction of sp³-hybridized carbons (Fsp3) is 0.0556. The maximum atomic E-state index is 12.6. The highest BCUT2D eigenvalue weighted by Gasteiger charge is 2.10. The summed E-state index contributed by atoms with van der Waals surface area (Å²) in [5, 5.41) is 14.3. The number of hydrogen-bond donors (Lipinski definition) is 0. The molecule has 4 aromatic rings. The summed E-state index contributed by atoms with van der Waals surface area (Å²) in [6.07, 6.45) is 1.49. The van der Waals surface area contributed by atoms with Crippen LogP contribution in [0, 0.1) is 10.1 Å². The predicted molar refractivity (Wildman–Crippen MR) is 104 cm³/mol. The summed E-state index contributed by atoms with van der Waals surface area (Å²) in [6, 6.07) is 11.2. The van der Waals surface area contributed by atoms with E-state index >= 15 is 0 Å². The molecule has 134 valence electrons. The van der Waals surface area contributed by atoms with Crippen LogP contribution >= 0.6 is 22.9 Å². The number of aromatic nitrogens is 3. The Morgan fingerprint density at radius 1 is 1.19 bits per heavy atom. The minimum Gasteiger partial charge on any atom is -0.293 e. The van der Waals surface area contributed by atoms with E-state index in [1.165, 1.54) is 34.4 Å². The van der Waals surface area contributed by atoms with Gasteiger partial charge >= 0.3 is 0 Å². The fourth-order valence-electron chi connectivity index (χ4n) is 2.66. The summed E-state index contributed by atoms with van der Waals surface area (Å²) < 4.78 is 1.48. The Morgan fingerprint density at radius 3 is 2.70 bits per heavy atom. The van der Waals surface area contributed by atoms with Crippen molar-refractivity contribution in [3.8, 4) is 10.6 Å². The van der Waals surface area contributed by atoms with E-state index in [0.29, 0.717) is 21.6 Å². The van der Waals surface area contributed by atoms with Crippen LogP contribution in [0.4, 0.5) is 5.69 Å². The van der Waals surface area contributed by atoms with E-state index in [4.69, 9.17) is 11.6 Å². The first-order valence-electron chi connectivity index (χ1n) is 7.85. The van der Waals surface area contributed by atoms with Crippen LogP contribution in [0.15, 0.2) is 59.0 Å². The van der Waals surface area contributed by atoms with E-state index < -0.39 is 4.92 Å². The van der Waals surface area contributed by atoms with Gasteiger partial charge in [0.2, 0.25) is 0 Å². The maximum Gasteiger partial charge on any atom is 0.269 e. The Bertz CT molecular complexity index is 1220. The Kier molecular flexibility index (Phi) is 4.43. The van der Waals surface area contributed by atoms with Crippen molar-refractivity contribution >= 4 is 39.5 Å². The predicted octanol–water partition coefficient (Wildman–Crippen LogP) is 4.13. The third kappa shape index (κ3) is 3.44. The van der Waals surface area contributed by atoms with Crippen LogP contribution in [0.5, 0.6) is 0 Å². The van der Waals surface area contributed by atoms with Crippen LogP contribution in [0.1, 0.15) is 5.69 Å². The van der Waals surface area contributed by atoms with Crippen molar-refractivity contribution in [3.05, 3.63) is 85.4 Å². The average molecular weight is 399 g/mol. The van der Waals surface area contributed by atoms with Crippen molar-refractivity contribution in [2.24, 2.45) is 0 Å². The molecule has 0 aliphatic carbocycles. The largest absolute Gasteiger partial charge is 0.293 e. The van der Waals surface area contributed by atoms with Crippen molar-refractivity contribution in [2.75, 3.05) is 0 Å². The zero-order valence-corrected chi connectivity index (χ0v) is 15.3. The number of nitro groups is 1. The number of nitro benzene ring substituents is 1. The average Bonchev–Trinajstić information content (AvgIpc) is 3.13. The lowest BCUT2D eigenvalue weighted by atomic mass is 10.2. The van der Waals surface area contributed by atoms with Crippen LogP contribution < -0.4 is 5.56 Å². The Labute approximate surface area is 161 Å². The first kappa shape index (κ1) is 17.3. The molecule has 4 rings (SSSR count). The molecule has 0 fully saturated rings. The quantitative estimate of drug-likeness (QED) is 0.380. The second kappa shape index (κ2) is 6.90. The number of fused-ring (bicyclic) bond motifs is 1. The van der Waals surface area contributed by atoms with Crippen molar-refractivity contribution in [1.29, 1.82) is 0 Å². The van der Waals surface area contributed by atoms with Crippen molar-refractivity contribution in [3.63, 3.8) is 0 Å². The number of benzene rings is 2. The molecule has 0 spiro atoms. The van der Waals surface area contributed by atoms with E-state index in [1.807, 2.05) is 5.38 Å². The summed E-state index contributed by atoms with van der Waals surface area (Å²) in [5.41, 5.74) is 1.92. The third-order valence-electron chi connectivity index (χ3n) is 4.00. The standard InChI is InChI=1S/C18H11ClN4O3S/c19-12-3-6-16-15(7-12)18(24)22(10-20-16)8-13-9-27-17(21-13)11-1-4-14(5-2-11)23(25)26/h1-7,9-10H,8H2. The molecule has 0 aliphatic rings. The normalized spacial score (nSPS) is 11.0. The second-order valence-electron chi connectivity index (χ2n) is 5.79. The van der Waals surface area contributed by atoms with Crippen LogP contribution in [-0.2, 0) is 6.54 Å². The lowest BCUT2D eigenvalue weighted by Crippen LogP contribution is -2.21. The highest BCUT2D eigenvalue weighted by Crippen LogP contribution is 2.26. The molecule has 0 saturated heterocycles. The molecule has 0 amide bonds. The molecule has 0 unspecified atom stereocenters. The van der Waals surface area contributed by atoms with Crippen LogP contribution in [-0.4, -0.2) is 19.5 Å². The Hall–Kier alpha value is -3.10.